The van der Waals surface area contributed by atoms with Crippen molar-refractivity contribution in [1.29, 1.82) is 0 Å². The quantitative estimate of drug-likeness (QED) is 0.109. The summed E-state index contributed by atoms with van der Waals surface area (Å²) < 4.78 is 114. The minimum Gasteiger partial charge on any atom is -0.201 e. The summed E-state index contributed by atoms with van der Waals surface area (Å²) in [6.45, 7) is 27.0. The molecule has 6 aromatic heterocycles. The summed E-state index contributed by atoms with van der Waals surface area (Å²) in [6, 6.07) is 66.9. The Morgan fingerprint density at radius 1 is 0.298 bits per heavy atom. The van der Waals surface area contributed by atoms with Crippen molar-refractivity contribution in [3.63, 3.8) is 0 Å². The predicted octanol–water partition coefficient (Wildman–Crippen LogP) is 21.8. The number of pyridine rings is 6. The van der Waals surface area contributed by atoms with Crippen molar-refractivity contribution < 1.29 is 45.2 Å². The van der Waals surface area contributed by atoms with Gasteiger partial charge in [-0.25, -0.2) is 27.4 Å². The van der Waals surface area contributed by atoms with Crippen LogP contribution in [-0.2, 0) is 48.7 Å². The maximum Gasteiger partial charge on any atom is 0.212 e. The summed E-state index contributed by atoms with van der Waals surface area (Å²) in [5, 5.41) is 0. The zero-order chi connectivity index (χ0) is 87.4. The molecule has 0 fully saturated rings. The largest absolute Gasteiger partial charge is 0.212 e. The highest BCUT2D eigenvalue weighted by atomic mass is 14.9. The fourth-order valence-corrected chi connectivity index (χ4v) is 13.3. The van der Waals surface area contributed by atoms with Crippen LogP contribution in [0.5, 0.6) is 0 Å². The van der Waals surface area contributed by atoms with Gasteiger partial charge in [0.15, 0.2) is 37.2 Å². The van der Waals surface area contributed by atoms with Gasteiger partial charge in [-0.2, -0.15) is 0 Å². The van der Waals surface area contributed by atoms with Crippen LogP contribution in [0, 0.1) is 75.1 Å². The van der Waals surface area contributed by atoms with Crippen LogP contribution in [0.3, 0.4) is 0 Å². The van der Waals surface area contributed by atoms with Crippen LogP contribution in [0.2, 0.25) is 0 Å². The second-order valence-corrected chi connectivity index (χ2v) is 28.7. The van der Waals surface area contributed by atoms with E-state index in [1.165, 1.54) is 125 Å². The summed E-state index contributed by atoms with van der Waals surface area (Å²) in [5.41, 5.74) is 31.2. The predicted molar refractivity (Wildman–Crippen MR) is 441 cm³/mol. The first-order valence-corrected chi connectivity index (χ1v) is 36.3. The molecule has 6 heteroatoms. The lowest BCUT2D eigenvalue weighted by Gasteiger charge is -2.11. The molecule has 1 atom stereocenters. The molecule has 6 aromatic carbocycles. The highest BCUT2D eigenvalue weighted by molar-refractivity contribution is 5.66. The van der Waals surface area contributed by atoms with E-state index in [1.807, 2.05) is 91.1 Å². The second-order valence-electron chi connectivity index (χ2n) is 28.7. The van der Waals surface area contributed by atoms with Crippen molar-refractivity contribution in [3.05, 3.63) is 321 Å². The Bertz CT molecular complexity index is 5300. The fourth-order valence-electron chi connectivity index (χ4n) is 13.3. The summed E-state index contributed by atoms with van der Waals surface area (Å²) in [6.07, 6.45) is 9.75. The van der Waals surface area contributed by atoms with Crippen LogP contribution < -0.4 is 27.4 Å². The molecule has 0 amide bonds. The van der Waals surface area contributed by atoms with Gasteiger partial charge in [0.05, 0.1) is 0 Å². The first-order valence-electron chi connectivity index (χ1n) is 42.8. The Balaban J connectivity index is 0.000000196. The number of hydrogen-bond acceptors (Lipinski definition) is 0. The monoisotopic (exact) mass is 1400 g/mol. The Morgan fingerprint density at radius 2 is 0.673 bits per heavy atom. The Hall–Kier alpha value is -9.78. The summed E-state index contributed by atoms with van der Waals surface area (Å²) in [5.74, 6) is -3.20. The van der Waals surface area contributed by atoms with E-state index in [1.54, 1.807) is 19.1 Å². The standard InChI is InChI=1S/4C17H22N.C16H20N.C14H16N/c1-12(2)16-10-17(18(5)11-14(16)4)15-9-7-6-8-13(15)3;2*1-12(2)16-11-18(5)17(10-14(16)4)15-9-7-6-8-13(15)3;1-13(2)11-15-8-9-16(14(3)12-15)17-7-5-6-10-18(17)4;1-12(2)14-8-9-15(13(3)11-14)16-7-5-6-10-17(16)4;1-11-7-8-12(2)13(10-11)14-6-4-5-9-15(14)3/h3*6-12H,1-5H3;5-10,12-13H,11H2,1-4H3;5-12H,1-4H3;4-10H,1-3H3/q6*+1/i;;;1D3,2D3,11D2,13D;1D3,12D;. The molecule has 0 N–H and O–H groups in total. The van der Waals surface area contributed by atoms with Crippen LogP contribution >= 0.6 is 0 Å². The average molecular weight is 1400 g/mol. The maximum atomic E-state index is 8.30. The van der Waals surface area contributed by atoms with Gasteiger partial charge in [-0.3, -0.25) is 0 Å². The Kier molecular flexibility index (Phi) is 23.4. The number of nitrogens with zero attached hydrogens (tertiary/aromatic N) is 6. The van der Waals surface area contributed by atoms with Gasteiger partial charge in [-0.15, -0.1) is 0 Å². The van der Waals surface area contributed by atoms with E-state index in [2.05, 4.69) is 296 Å². The van der Waals surface area contributed by atoms with Crippen molar-refractivity contribution in [2.45, 2.75) is 168 Å². The van der Waals surface area contributed by atoms with Crippen molar-refractivity contribution in [3.8, 4) is 67.5 Å². The maximum absolute atomic E-state index is 8.30. The van der Waals surface area contributed by atoms with E-state index in [0.717, 1.165) is 28.1 Å². The SMILES string of the molecule is Cc1ccc(C)c(-c2cccc[n+]2C)c1.Cc1ccccc1-c1cc(C(C)C)c(C)c[n+]1C.Cc1ccccc1-c1cc(C)c(C(C)C)c[n+]1C.Cc1ccccc1-c1cc(C)c(C(C)C)c[n+]1C.[2H]C([2H])([2H])C([2H])(C([2H])([2H])[2H])C([2H])([2H])c1ccc(-c2cccc[n+]2C)c(C)c1.[2H]C([2H])([2H])C([2H])(C)c1ccc(-c2cccc[n+]2C)c(C)c1. The van der Waals surface area contributed by atoms with Gasteiger partial charge in [0.1, 0.15) is 42.3 Å². The normalized spacial score (nSPS) is 13.9. The smallest absolute Gasteiger partial charge is 0.201 e. The van der Waals surface area contributed by atoms with Gasteiger partial charge in [0.2, 0.25) is 34.2 Å². The third-order valence-electron chi connectivity index (χ3n) is 19.2. The van der Waals surface area contributed by atoms with Crippen LogP contribution in [0.1, 0.15) is 194 Å². The zero-order valence-corrected chi connectivity index (χ0v) is 66.4. The molecule has 1 unspecified atom stereocenters. The topological polar surface area (TPSA) is 23.3 Å². The van der Waals surface area contributed by atoms with Gasteiger partial charge in [-0.1, -0.05) is 166 Å². The molecule has 0 saturated heterocycles. The van der Waals surface area contributed by atoms with Gasteiger partial charge >= 0.3 is 0 Å². The molecular formula is C98H124N6+6. The minimum atomic E-state index is -3.35. The number of rotatable bonds is 12. The highest BCUT2D eigenvalue weighted by Crippen LogP contribution is 2.30. The summed E-state index contributed by atoms with van der Waals surface area (Å²) in [4.78, 5) is 0. The third kappa shape index (κ3) is 21.9. The van der Waals surface area contributed by atoms with Gasteiger partial charge in [0.25, 0.3) is 0 Å². The van der Waals surface area contributed by atoms with Gasteiger partial charge in [0, 0.05) is 122 Å². The van der Waals surface area contributed by atoms with E-state index in [4.69, 9.17) is 17.8 Å². The zero-order valence-electron chi connectivity index (χ0n) is 79.4. The number of aryl methyl sites for hydroxylation is 16. The van der Waals surface area contributed by atoms with Gasteiger partial charge < -0.3 is 0 Å². The van der Waals surface area contributed by atoms with E-state index in [-0.39, 0.29) is 5.56 Å². The van der Waals surface area contributed by atoms with E-state index < -0.39 is 38.7 Å². The molecular weight excluding hydrogens is 1260 g/mol. The lowest BCUT2D eigenvalue weighted by atomic mass is 9.96. The molecule has 0 saturated carbocycles. The molecule has 12 rings (SSSR count). The molecule has 104 heavy (non-hydrogen) atoms. The lowest BCUT2D eigenvalue weighted by molar-refractivity contribution is -0.661. The summed E-state index contributed by atoms with van der Waals surface area (Å²) in [7, 11) is 12.3. The van der Waals surface area contributed by atoms with E-state index in [0.29, 0.717) is 28.9 Å². The van der Waals surface area contributed by atoms with Crippen LogP contribution in [0.4, 0.5) is 0 Å². The fraction of sp³-hybridized carbons (Fsp3) is 0.327. The molecule has 0 radical (unpaired) electrons. The van der Waals surface area contributed by atoms with Crippen molar-refractivity contribution in [2.24, 2.45) is 48.2 Å². The lowest BCUT2D eigenvalue weighted by Crippen LogP contribution is -2.32. The first kappa shape index (κ1) is 63.9. The third-order valence-corrected chi connectivity index (χ3v) is 19.2. The molecule has 0 aliphatic heterocycles. The van der Waals surface area contributed by atoms with E-state index >= 15 is 0 Å². The second kappa shape index (κ2) is 38.1. The molecule has 540 valence electrons. The number of hydrogen-bond donors (Lipinski definition) is 0. The molecule has 0 aliphatic rings. The van der Waals surface area contributed by atoms with E-state index in [9.17, 15) is 0 Å². The van der Waals surface area contributed by atoms with Crippen molar-refractivity contribution in [1.82, 2.24) is 0 Å². The average Bonchev–Trinajstić information content (AvgIpc) is 0.715. The Labute approximate surface area is 647 Å². The van der Waals surface area contributed by atoms with Crippen molar-refractivity contribution >= 4 is 0 Å². The molecule has 6 nitrogen and oxygen atoms in total. The van der Waals surface area contributed by atoms with Crippen LogP contribution in [0.25, 0.3) is 67.5 Å². The Morgan fingerprint density at radius 3 is 1.07 bits per heavy atom. The van der Waals surface area contributed by atoms with Crippen LogP contribution in [-0.4, -0.2) is 0 Å². The highest BCUT2D eigenvalue weighted by Gasteiger charge is 2.21. The number of aromatic nitrogens is 6. The summed E-state index contributed by atoms with van der Waals surface area (Å²) >= 11 is 0. The molecule has 0 aliphatic carbocycles. The molecule has 0 bridgehead atoms. The first-order chi connectivity index (χ1) is 54.5. The molecule has 0 spiro atoms. The van der Waals surface area contributed by atoms with Crippen molar-refractivity contribution in [2.75, 3.05) is 0 Å². The molecule has 6 heterocycles. The van der Waals surface area contributed by atoms with Gasteiger partial charge in [-0.05, 0) is 221 Å². The number of benzene rings is 6. The minimum absolute atomic E-state index is 0.149. The molecule has 12 aromatic rings. The van der Waals surface area contributed by atoms with Crippen LogP contribution in [0.15, 0.2) is 237 Å².